The minimum atomic E-state index is -1.00. The van der Waals surface area contributed by atoms with Gasteiger partial charge in [0.1, 0.15) is 5.82 Å². The highest BCUT2D eigenvalue weighted by Crippen LogP contribution is 2.43. The minimum absolute atomic E-state index is 0.358. The van der Waals surface area contributed by atoms with E-state index in [1.807, 2.05) is 19.1 Å². The van der Waals surface area contributed by atoms with Crippen LogP contribution in [0.4, 0.5) is 10.1 Å². The molecular formula is C21H21BrFNO3. The van der Waals surface area contributed by atoms with Gasteiger partial charge in [0.2, 0.25) is 0 Å². The summed E-state index contributed by atoms with van der Waals surface area (Å²) in [6.07, 6.45) is 2.71. The first kappa shape index (κ1) is 19.5. The Morgan fingerprint density at radius 1 is 1.19 bits per heavy atom. The Labute approximate surface area is 166 Å². The molecule has 4 nitrogen and oxygen atoms in total. The molecule has 6 heteroatoms. The molecule has 0 radical (unpaired) electrons. The van der Waals surface area contributed by atoms with E-state index >= 15 is 0 Å². The molecule has 0 aromatic heterocycles. The molecule has 0 aliphatic heterocycles. The van der Waals surface area contributed by atoms with Gasteiger partial charge in [0.15, 0.2) is 6.61 Å². The molecule has 1 fully saturated rings. The molecule has 1 amide bonds. The number of carbonyl (C=O) groups excluding carboxylic acids is 2. The largest absolute Gasteiger partial charge is 0.455 e. The second-order valence-corrected chi connectivity index (χ2v) is 7.71. The number of benzene rings is 2. The topological polar surface area (TPSA) is 55.4 Å². The Morgan fingerprint density at radius 2 is 1.89 bits per heavy atom. The lowest BCUT2D eigenvalue weighted by Gasteiger charge is -2.27. The number of halogens is 2. The summed E-state index contributed by atoms with van der Waals surface area (Å²) in [5.74, 6) is -1.37. The highest BCUT2D eigenvalue weighted by molar-refractivity contribution is 9.10. The number of carbonyl (C=O) groups is 2. The maximum Gasteiger partial charge on any atom is 0.317 e. The van der Waals surface area contributed by atoms with Gasteiger partial charge in [-0.15, -0.1) is 0 Å². The molecule has 27 heavy (non-hydrogen) atoms. The monoisotopic (exact) mass is 433 g/mol. The van der Waals surface area contributed by atoms with Crippen molar-refractivity contribution in [3.05, 3.63) is 63.9 Å². The van der Waals surface area contributed by atoms with E-state index in [9.17, 15) is 14.0 Å². The SMILES string of the molecule is Cc1cc(NC(=O)COC(=O)C2(c3ccccc3F)CCCC2)ccc1Br. The number of hydrogen-bond donors (Lipinski definition) is 1. The van der Waals surface area contributed by atoms with Crippen LogP contribution < -0.4 is 5.32 Å². The Bertz CT molecular complexity index is 862. The molecule has 1 saturated carbocycles. The molecule has 3 rings (SSSR count). The van der Waals surface area contributed by atoms with Crippen molar-refractivity contribution in [3.8, 4) is 0 Å². The first-order chi connectivity index (χ1) is 12.9. The van der Waals surface area contributed by atoms with E-state index in [0.717, 1.165) is 22.9 Å². The van der Waals surface area contributed by atoms with Crippen molar-refractivity contribution >= 4 is 33.5 Å². The lowest BCUT2D eigenvalue weighted by molar-refractivity contribution is -0.153. The summed E-state index contributed by atoms with van der Waals surface area (Å²) in [6, 6.07) is 11.7. The quantitative estimate of drug-likeness (QED) is 0.682. The summed E-state index contributed by atoms with van der Waals surface area (Å²) in [5.41, 5.74) is 0.965. The van der Waals surface area contributed by atoms with E-state index < -0.39 is 29.7 Å². The summed E-state index contributed by atoms with van der Waals surface area (Å²) in [5, 5.41) is 2.71. The Hall–Kier alpha value is -2.21. The number of hydrogen-bond acceptors (Lipinski definition) is 3. The second-order valence-electron chi connectivity index (χ2n) is 6.86. The predicted octanol–water partition coefficient (Wildman–Crippen LogP) is 4.89. The zero-order valence-corrected chi connectivity index (χ0v) is 16.6. The van der Waals surface area contributed by atoms with Crippen LogP contribution >= 0.6 is 15.9 Å². The van der Waals surface area contributed by atoms with E-state index in [2.05, 4.69) is 21.2 Å². The van der Waals surface area contributed by atoms with Crippen LogP contribution in [-0.2, 0) is 19.7 Å². The molecule has 142 valence electrons. The molecule has 0 saturated heterocycles. The maximum atomic E-state index is 14.3. The van der Waals surface area contributed by atoms with Gasteiger partial charge in [-0.2, -0.15) is 0 Å². The smallest absolute Gasteiger partial charge is 0.317 e. The van der Waals surface area contributed by atoms with Crippen molar-refractivity contribution in [1.82, 2.24) is 0 Å². The van der Waals surface area contributed by atoms with Gasteiger partial charge in [0, 0.05) is 15.7 Å². The van der Waals surface area contributed by atoms with Crippen molar-refractivity contribution in [3.63, 3.8) is 0 Å². The zero-order valence-electron chi connectivity index (χ0n) is 15.1. The number of nitrogens with one attached hydrogen (secondary N) is 1. The summed E-state index contributed by atoms with van der Waals surface area (Å²) >= 11 is 3.40. The van der Waals surface area contributed by atoms with E-state index in [4.69, 9.17) is 4.74 Å². The van der Waals surface area contributed by atoms with E-state index in [1.165, 1.54) is 6.07 Å². The third kappa shape index (κ3) is 4.21. The number of aryl methyl sites for hydroxylation is 1. The van der Waals surface area contributed by atoms with E-state index in [0.29, 0.717) is 24.1 Å². The molecule has 0 bridgehead atoms. The molecule has 2 aromatic carbocycles. The third-order valence-electron chi connectivity index (χ3n) is 5.01. The van der Waals surface area contributed by atoms with Crippen molar-refractivity contribution in [2.24, 2.45) is 0 Å². The van der Waals surface area contributed by atoms with Gasteiger partial charge < -0.3 is 10.1 Å². The van der Waals surface area contributed by atoms with Crippen LogP contribution in [0.2, 0.25) is 0 Å². The number of amides is 1. The van der Waals surface area contributed by atoms with Gasteiger partial charge in [-0.1, -0.05) is 47.0 Å². The highest BCUT2D eigenvalue weighted by atomic mass is 79.9. The maximum absolute atomic E-state index is 14.3. The van der Waals surface area contributed by atoms with Crippen molar-refractivity contribution in [1.29, 1.82) is 0 Å². The average molecular weight is 434 g/mol. The molecule has 0 unspecified atom stereocenters. The fraction of sp³-hybridized carbons (Fsp3) is 0.333. The number of esters is 1. The fourth-order valence-electron chi connectivity index (χ4n) is 3.60. The second kappa shape index (κ2) is 8.21. The van der Waals surface area contributed by atoms with Crippen LogP contribution in [0, 0.1) is 12.7 Å². The number of rotatable bonds is 5. The van der Waals surface area contributed by atoms with Gasteiger partial charge in [0.25, 0.3) is 5.91 Å². The molecule has 1 aliphatic carbocycles. The number of ether oxygens (including phenoxy) is 1. The lowest BCUT2D eigenvalue weighted by Crippen LogP contribution is -2.37. The molecule has 1 N–H and O–H groups in total. The van der Waals surface area contributed by atoms with Gasteiger partial charge in [0.05, 0.1) is 5.41 Å². The Balaban J connectivity index is 1.67. The Morgan fingerprint density at radius 3 is 2.56 bits per heavy atom. The first-order valence-electron chi connectivity index (χ1n) is 8.91. The molecule has 0 spiro atoms. The van der Waals surface area contributed by atoms with Gasteiger partial charge in [-0.3, -0.25) is 9.59 Å². The molecular weight excluding hydrogens is 413 g/mol. The minimum Gasteiger partial charge on any atom is -0.455 e. The summed E-state index contributed by atoms with van der Waals surface area (Å²) in [4.78, 5) is 25.0. The van der Waals surface area contributed by atoms with Crippen LogP contribution in [0.5, 0.6) is 0 Å². The first-order valence-corrected chi connectivity index (χ1v) is 9.70. The van der Waals surface area contributed by atoms with Crippen LogP contribution in [0.1, 0.15) is 36.8 Å². The molecule has 0 atom stereocenters. The molecule has 0 heterocycles. The van der Waals surface area contributed by atoms with Gasteiger partial charge in [-0.25, -0.2) is 4.39 Å². The fourth-order valence-corrected chi connectivity index (χ4v) is 3.85. The van der Waals surface area contributed by atoms with E-state index in [1.54, 1.807) is 24.3 Å². The van der Waals surface area contributed by atoms with Crippen LogP contribution in [-0.4, -0.2) is 18.5 Å². The zero-order chi connectivity index (χ0) is 19.4. The average Bonchev–Trinajstić information content (AvgIpc) is 3.14. The normalized spacial score (nSPS) is 15.4. The number of anilines is 1. The summed E-state index contributed by atoms with van der Waals surface area (Å²) in [7, 11) is 0. The predicted molar refractivity (Wildman–Crippen MR) is 105 cm³/mol. The highest BCUT2D eigenvalue weighted by Gasteiger charge is 2.45. The molecule has 1 aliphatic rings. The summed E-state index contributed by atoms with van der Waals surface area (Å²) < 4.78 is 20.6. The van der Waals surface area contributed by atoms with Crippen LogP contribution in [0.25, 0.3) is 0 Å². The standard InChI is InChI=1S/C21H21BrFNO3/c1-14-12-15(8-9-17(14)22)24-19(25)13-27-20(26)21(10-4-5-11-21)16-6-2-3-7-18(16)23/h2-3,6-9,12H,4-5,10-11,13H2,1H3,(H,24,25). The van der Waals surface area contributed by atoms with Gasteiger partial charge in [-0.05, 0) is 49.6 Å². The van der Waals surface area contributed by atoms with Crippen LogP contribution in [0.15, 0.2) is 46.9 Å². The Kier molecular flexibility index (Phi) is 5.95. The van der Waals surface area contributed by atoms with Gasteiger partial charge >= 0.3 is 5.97 Å². The lowest BCUT2D eigenvalue weighted by atomic mass is 9.78. The van der Waals surface area contributed by atoms with Crippen molar-refractivity contribution in [2.45, 2.75) is 38.0 Å². The van der Waals surface area contributed by atoms with E-state index in [-0.39, 0.29) is 0 Å². The van der Waals surface area contributed by atoms with Crippen molar-refractivity contribution in [2.75, 3.05) is 11.9 Å². The van der Waals surface area contributed by atoms with Crippen LogP contribution in [0.3, 0.4) is 0 Å². The van der Waals surface area contributed by atoms with Crippen molar-refractivity contribution < 1.29 is 18.7 Å². The summed E-state index contributed by atoms with van der Waals surface area (Å²) in [6.45, 7) is 1.52. The third-order valence-corrected chi connectivity index (χ3v) is 5.90. The molecule has 2 aromatic rings.